The van der Waals surface area contributed by atoms with Gasteiger partial charge in [0.25, 0.3) is 0 Å². The lowest BCUT2D eigenvalue weighted by Gasteiger charge is -2.21. The molecule has 5 heteroatoms. The van der Waals surface area contributed by atoms with E-state index in [1.165, 1.54) is 0 Å². The first-order chi connectivity index (χ1) is 7.04. The van der Waals surface area contributed by atoms with E-state index in [-0.39, 0.29) is 6.04 Å². The molecule has 15 heavy (non-hydrogen) atoms. The van der Waals surface area contributed by atoms with Gasteiger partial charge >= 0.3 is 0 Å². The summed E-state index contributed by atoms with van der Waals surface area (Å²) in [5, 5.41) is 1.33. The van der Waals surface area contributed by atoms with Gasteiger partial charge in [0.05, 0.1) is 6.04 Å². The lowest BCUT2D eigenvalue weighted by atomic mass is 10.1. The molecule has 0 aliphatic rings. The normalized spacial score (nSPS) is 13.2. The second-order valence-corrected chi connectivity index (χ2v) is 4.49. The predicted octanol–water partition coefficient (Wildman–Crippen LogP) is 2.06. The molecule has 0 spiro atoms. The van der Waals surface area contributed by atoms with Crippen LogP contribution in [0.3, 0.4) is 0 Å². The number of halogens is 2. The van der Waals surface area contributed by atoms with Crippen molar-refractivity contribution in [3.05, 3.63) is 33.8 Å². The van der Waals surface area contributed by atoms with Crippen molar-refractivity contribution in [2.45, 2.75) is 6.04 Å². The van der Waals surface area contributed by atoms with Crippen molar-refractivity contribution in [2.24, 2.45) is 5.84 Å². The summed E-state index contributed by atoms with van der Waals surface area (Å²) in [6, 6.07) is 5.35. The second kappa shape index (κ2) is 5.68. The molecule has 0 saturated carbocycles. The number of nitrogens with zero attached hydrogens (tertiary/aromatic N) is 1. The minimum atomic E-state index is -0.0220. The van der Waals surface area contributed by atoms with Crippen molar-refractivity contribution < 1.29 is 0 Å². The molecule has 1 aromatic rings. The van der Waals surface area contributed by atoms with Gasteiger partial charge in [0, 0.05) is 16.6 Å². The molecule has 0 bridgehead atoms. The van der Waals surface area contributed by atoms with Crippen molar-refractivity contribution in [1.29, 1.82) is 0 Å². The topological polar surface area (TPSA) is 41.3 Å². The minimum Gasteiger partial charge on any atom is -0.307 e. The lowest BCUT2D eigenvalue weighted by Crippen LogP contribution is -2.35. The van der Waals surface area contributed by atoms with E-state index < -0.39 is 0 Å². The number of hydrogen-bond donors (Lipinski definition) is 2. The van der Waals surface area contributed by atoms with Crippen LogP contribution < -0.4 is 11.3 Å². The van der Waals surface area contributed by atoms with Crippen LogP contribution in [0.5, 0.6) is 0 Å². The van der Waals surface area contributed by atoms with Gasteiger partial charge in [-0.25, -0.2) is 0 Å². The summed E-state index contributed by atoms with van der Waals surface area (Å²) in [5.41, 5.74) is 3.65. The molecule has 0 aliphatic heterocycles. The fraction of sp³-hybridized carbons (Fsp3) is 0.400. The largest absolute Gasteiger partial charge is 0.307 e. The predicted molar refractivity (Wildman–Crippen MR) is 65.1 cm³/mol. The van der Waals surface area contributed by atoms with Crippen LogP contribution in [-0.4, -0.2) is 25.5 Å². The van der Waals surface area contributed by atoms with E-state index >= 15 is 0 Å². The minimum absolute atomic E-state index is 0.0220. The van der Waals surface area contributed by atoms with Crippen LogP contribution in [0, 0.1) is 0 Å². The average molecular weight is 248 g/mol. The zero-order valence-electron chi connectivity index (χ0n) is 8.80. The maximum Gasteiger partial charge on any atom is 0.0601 e. The monoisotopic (exact) mass is 247 g/mol. The SMILES string of the molecule is CN(C)CC(NN)c1cc(Cl)ccc1Cl. The Morgan fingerprint density at radius 2 is 2.07 bits per heavy atom. The highest BCUT2D eigenvalue weighted by Crippen LogP contribution is 2.26. The molecule has 1 unspecified atom stereocenters. The van der Waals surface area contributed by atoms with Gasteiger partial charge in [-0.15, -0.1) is 0 Å². The molecular weight excluding hydrogens is 233 g/mol. The molecular formula is C10H15Cl2N3. The van der Waals surface area contributed by atoms with E-state index in [0.29, 0.717) is 10.0 Å². The van der Waals surface area contributed by atoms with Crippen molar-refractivity contribution in [2.75, 3.05) is 20.6 Å². The molecule has 0 heterocycles. The van der Waals surface area contributed by atoms with E-state index in [9.17, 15) is 0 Å². The van der Waals surface area contributed by atoms with Crippen LogP contribution in [0.1, 0.15) is 11.6 Å². The third-order valence-electron chi connectivity index (χ3n) is 2.08. The Balaban J connectivity index is 2.95. The number of nitrogens with one attached hydrogen (secondary N) is 1. The molecule has 1 rings (SSSR count). The molecule has 0 radical (unpaired) electrons. The highest BCUT2D eigenvalue weighted by Gasteiger charge is 2.14. The molecule has 1 aromatic carbocycles. The third-order valence-corrected chi connectivity index (χ3v) is 2.66. The van der Waals surface area contributed by atoms with E-state index in [4.69, 9.17) is 29.0 Å². The Kier molecular flexibility index (Phi) is 4.83. The zero-order chi connectivity index (χ0) is 11.4. The summed E-state index contributed by atoms with van der Waals surface area (Å²) in [6.07, 6.45) is 0. The van der Waals surface area contributed by atoms with Gasteiger partial charge in [-0.05, 0) is 37.9 Å². The van der Waals surface area contributed by atoms with Crippen LogP contribution in [0.25, 0.3) is 0 Å². The molecule has 84 valence electrons. The van der Waals surface area contributed by atoms with Crippen LogP contribution in [0.2, 0.25) is 10.0 Å². The highest BCUT2D eigenvalue weighted by molar-refractivity contribution is 6.33. The fourth-order valence-corrected chi connectivity index (χ4v) is 1.82. The number of benzene rings is 1. The molecule has 0 aliphatic carbocycles. The van der Waals surface area contributed by atoms with Gasteiger partial charge in [0.1, 0.15) is 0 Å². The van der Waals surface area contributed by atoms with Crippen molar-refractivity contribution in [3.63, 3.8) is 0 Å². The summed E-state index contributed by atoms with van der Waals surface area (Å²) < 4.78 is 0. The number of likely N-dealkylation sites (N-methyl/N-ethyl adjacent to an activating group) is 1. The van der Waals surface area contributed by atoms with Crippen LogP contribution in [0.4, 0.5) is 0 Å². The first-order valence-electron chi connectivity index (χ1n) is 4.60. The lowest BCUT2D eigenvalue weighted by molar-refractivity contribution is 0.344. The summed E-state index contributed by atoms with van der Waals surface area (Å²) in [6.45, 7) is 0.760. The smallest absolute Gasteiger partial charge is 0.0601 e. The van der Waals surface area contributed by atoms with Gasteiger partial charge in [0.2, 0.25) is 0 Å². The number of hydrogen-bond acceptors (Lipinski definition) is 3. The fourth-order valence-electron chi connectivity index (χ4n) is 1.39. The van der Waals surface area contributed by atoms with Crippen molar-refractivity contribution >= 4 is 23.2 Å². The quantitative estimate of drug-likeness (QED) is 0.633. The van der Waals surface area contributed by atoms with Crippen LogP contribution >= 0.6 is 23.2 Å². The second-order valence-electron chi connectivity index (χ2n) is 3.65. The van der Waals surface area contributed by atoms with Crippen LogP contribution in [0.15, 0.2) is 18.2 Å². The van der Waals surface area contributed by atoms with E-state index in [2.05, 4.69) is 5.43 Å². The molecule has 1 atom stereocenters. The van der Waals surface area contributed by atoms with Gasteiger partial charge in [-0.2, -0.15) is 0 Å². The van der Waals surface area contributed by atoms with Gasteiger partial charge < -0.3 is 4.90 Å². The molecule has 0 saturated heterocycles. The van der Waals surface area contributed by atoms with Crippen LogP contribution in [-0.2, 0) is 0 Å². The van der Waals surface area contributed by atoms with Gasteiger partial charge in [-0.1, -0.05) is 23.2 Å². The molecule has 3 N–H and O–H groups in total. The third kappa shape index (κ3) is 3.63. The van der Waals surface area contributed by atoms with Crippen molar-refractivity contribution in [1.82, 2.24) is 10.3 Å². The standard InChI is InChI=1S/C10H15Cl2N3/c1-15(2)6-10(14-13)8-5-7(11)3-4-9(8)12/h3-5,10,14H,6,13H2,1-2H3. The Morgan fingerprint density at radius 1 is 1.40 bits per heavy atom. The van der Waals surface area contributed by atoms with E-state index in [0.717, 1.165) is 12.1 Å². The Bertz CT molecular complexity index is 328. The summed E-state index contributed by atoms with van der Waals surface area (Å²) in [4.78, 5) is 2.03. The molecule has 0 fully saturated rings. The first-order valence-corrected chi connectivity index (χ1v) is 5.36. The van der Waals surface area contributed by atoms with Gasteiger partial charge in [0.15, 0.2) is 0 Å². The summed E-state index contributed by atoms with van der Waals surface area (Å²) >= 11 is 12.0. The molecule has 0 aromatic heterocycles. The Hall–Kier alpha value is -0.320. The molecule has 0 amide bonds. The zero-order valence-corrected chi connectivity index (χ0v) is 10.3. The maximum absolute atomic E-state index is 6.08. The summed E-state index contributed by atoms with van der Waals surface area (Å²) in [5.74, 6) is 5.49. The van der Waals surface area contributed by atoms with E-state index in [1.54, 1.807) is 12.1 Å². The average Bonchev–Trinajstić information content (AvgIpc) is 2.18. The Labute approximate surface area is 100 Å². The van der Waals surface area contributed by atoms with Crippen molar-refractivity contribution in [3.8, 4) is 0 Å². The molecule has 3 nitrogen and oxygen atoms in total. The number of nitrogens with two attached hydrogens (primary N) is 1. The Morgan fingerprint density at radius 3 is 2.60 bits per heavy atom. The number of rotatable bonds is 4. The number of hydrazine groups is 1. The summed E-state index contributed by atoms with van der Waals surface area (Å²) in [7, 11) is 3.95. The van der Waals surface area contributed by atoms with E-state index in [1.807, 2.05) is 25.1 Å². The highest BCUT2D eigenvalue weighted by atomic mass is 35.5. The first kappa shape index (κ1) is 12.7. The van der Waals surface area contributed by atoms with Gasteiger partial charge in [-0.3, -0.25) is 11.3 Å². The maximum atomic E-state index is 6.08.